The van der Waals surface area contributed by atoms with Crippen LogP contribution in [0.4, 0.5) is 5.82 Å². The van der Waals surface area contributed by atoms with Gasteiger partial charge in [0.05, 0.1) is 13.0 Å². The van der Waals surface area contributed by atoms with Gasteiger partial charge in [0.15, 0.2) is 0 Å². The van der Waals surface area contributed by atoms with Crippen molar-refractivity contribution in [2.75, 3.05) is 5.73 Å². The number of rotatable bonds is 3. The normalized spacial score (nSPS) is 9.82. The number of aryl methyl sites for hydroxylation is 1. The molecule has 11 heavy (non-hydrogen) atoms. The van der Waals surface area contributed by atoms with Crippen molar-refractivity contribution < 1.29 is 9.90 Å². The van der Waals surface area contributed by atoms with Crippen LogP contribution < -0.4 is 5.73 Å². The molecule has 1 aromatic rings. The van der Waals surface area contributed by atoms with E-state index in [0.717, 1.165) is 0 Å². The molecule has 5 nitrogen and oxygen atoms in total. The van der Waals surface area contributed by atoms with E-state index < -0.39 is 5.97 Å². The Morgan fingerprint density at radius 3 is 3.00 bits per heavy atom. The Labute approximate surface area is 63.4 Å². The standard InChI is InChI=1S/C6H9N3O2/c7-5-1-3-9(8-5)4-2-6(10)11/h1,3H,2,4H2,(H2,7,8)(H,10,11). The summed E-state index contributed by atoms with van der Waals surface area (Å²) in [5, 5.41) is 12.1. The average Bonchev–Trinajstić information content (AvgIpc) is 2.31. The van der Waals surface area contributed by atoms with E-state index >= 15 is 0 Å². The fourth-order valence-electron chi connectivity index (χ4n) is 0.712. The highest BCUT2D eigenvalue weighted by atomic mass is 16.4. The first-order valence-electron chi connectivity index (χ1n) is 3.19. The van der Waals surface area contributed by atoms with Crippen LogP contribution in [0.15, 0.2) is 12.3 Å². The van der Waals surface area contributed by atoms with Gasteiger partial charge in [-0.3, -0.25) is 9.48 Å². The molecular weight excluding hydrogens is 146 g/mol. The van der Waals surface area contributed by atoms with Gasteiger partial charge in [-0.25, -0.2) is 0 Å². The highest BCUT2D eigenvalue weighted by Crippen LogP contribution is 1.96. The molecule has 0 saturated heterocycles. The summed E-state index contributed by atoms with van der Waals surface area (Å²) in [5.41, 5.74) is 5.31. The number of nitrogens with two attached hydrogens (primary N) is 1. The number of nitrogens with zero attached hydrogens (tertiary/aromatic N) is 2. The molecule has 0 radical (unpaired) electrons. The molecule has 0 unspecified atom stereocenters. The number of carboxylic acids is 1. The molecule has 0 amide bonds. The third-order valence-electron chi connectivity index (χ3n) is 1.22. The Kier molecular flexibility index (Phi) is 2.10. The number of carbonyl (C=O) groups is 1. The maximum Gasteiger partial charge on any atom is 0.305 e. The summed E-state index contributed by atoms with van der Waals surface area (Å²) in [6, 6.07) is 1.63. The van der Waals surface area contributed by atoms with Gasteiger partial charge in [0.2, 0.25) is 0 Å². The van der Waals surface area contributed by atoms with Gasteiger partial charge in [0.25, 0.3) is 0 Å². The lowest BCUT2D eigenvalue weighted by Crippen LogP contribution is -2.05. The second-order valence-corrected chi connectivity index (χ2v) is 2.15. The summed E-state index contributed by atoms with van der Waals surface area (Å²) >= 11 is 0. The van der Waals surface area contributed by atoms with Crippen molar-refractivity contribution in [1.29, 1.82) is 0 Å². The fraction of sp³-hybridized carbons (Fsp3) is 0.333. The number of aromatic nitrogens is 2. The van der Waals surface area contributed by atoms with E-state index in [-0.39, 0.29) is 6.42 Å². The Morgan fingerprint density at radius 2 is 2.55 bits per heavy atom. The fourth-order valence-corrected chi connectivity index (χ4v) is 0.712. The van der Waals surface area contributed by atoms with Crippen molar-refractivity contribution in [3.8, 4) is 0 Å². The summed E-state index contributed by atoms with van der Waals surface area (Å²) in [6.07, 6.45) is 1.72. The lowest BCUT2D eigenvalue weighted by atomic mass is 10.4. The van der Waals surface area contributed by atoms with E-state index in [0.29, 0.717) is 12.4 Å². The minimum atomic E-state index is -0.834. The van der Waals surface area contributed by atoms with Gasteiger partial charge in [-0.15, -0.1) is 0 Å². The molecule has 1 rings (SSSR count). The maximum absolute atomic E-state index is 10.1. The number of aliphatic carboxylic acids is 1. The van der Waals surface area contributed by atoms with Gasteiger partial charge in [-0.1, -0.05) is 0 Å². The molecule has 3 N–H and O–H groups in total. The van der Waals surface area contributed by atoms with Crippen LogP contribution in [-0.2, 0) is 11.3 Å². The summed E-state index contributed by atoms with van der Waals surface area (Å²) in [4.78, 5) is 10.1. The summed E-state index contributed by atoms with van der Waals surface area (Å²) < 4.78 is 1.50. The highest BCUT2D eigenvalue weighted by molar-refractivity contribution is 5.66. The quantitative estimate of drug-likeness (QED) is 0.640. The smallest absolute Gasteiger partial charge is 0.305 e. The van der Waals surface area contributed by atoms with Crippen LogP contribution in [0.5, 0.6) is 0 Å². The third kappa shape index (κ3) is 2.29. The summed E-state index contributed by atoms with van der Waals surface area (Å²) in [6.45, 7) is 0.368. The van der Waals surface area contributed by atoms with Crippen molar-refractivity contribution in [2.24, 2.45) is 0 Å². The van der Waals surface area contributed by atoms with Gasteiger partial charge >= 0.3 is 5.97 Å². The van der Waals surface area contributed by atoms with Gasteiger partial charge < -0.3 is 10.8 Å². The van der Waals surface area contributed by atoms with Crippen molar-refractivity contribution >= 4 is 11.8 Å². The van der Waals surface area contributed by atoms with Crippen LogP contribution in [0, 0.1) is 0 Å². The third-order valence-corrected chi connectivity index (χ3v) is 1.22. The maximum atomic E-state index is 10.1. The number of hydrogen-bond donors (Lipinski definition) is 2. The van der Waals surface area contributed by atoms with Gasteiger partial charge in [-0.2, -0.15) is 5.10 Å². The molecule has 60 valence electrons. The molecule has 0 saturated carbocycles. The summed E-state index contributed by atoms with van der Waals surface area (Å²) in [7, 11) is 0. The van der Waals surface area contributed by atoms with Gasteiger partial charge in [0, 0.05) is 6.20 Å². The van der Waals surface area contributed by atoms with Crippen molar-refractivity contribution in [1.82, 2.24) is 9.78 Å². The number of hydrogen-bond acceptors (Lipinski definition) is 3. The first-order valence-corrected chi connectivity index (χ1v) is 3.19. The van der Waals surface area contributed by atoms with Crippen molar-refractivity contribution in [3.05, 3.63) is 12.3 Å². The van der Waals surface area contributed by atoms with E-state index in [1.54, 1.807) is 12.3 Å². The van der Waals surface area contributed by atoms with E-state index in [4.69, 9.17) is 10.8 Å². The molecule has 0 bridgehead atoms. The molecule has 0 aliphatic rings. The number of carboxylic acid groups (broad SMARTS) is 1. The van der Waals surface area contributed by atoms with E-state index in [2.05, 4.69) is 5.10 Å². The number of nitrogen functional groups attached to an aromatic ring is 1. The first-order chi connectivity index (χ1) is 5.18. The molecule has 0 aromatic carbocycles. The predicted molar refractivity (Wildman–Crippen MR) is 38.9 cm³/mol. The zero-order valence-corrected chi connectivity index (χ0v) is 5.90. The van der Waals surface area contributed by atoms with Crippen molar-refractivity contribution in [2.45, 2.75) is 13.0 Å². The molecule has 0 aliphatic carbocycles. The van der Waals surface area contributed by atoms with Crippen LogP contribution >= 0.6 is 0 Å². The van der Waals surface area contributed by atoms with Crippen LogP contribution in [-0.4, -0.2) is 20.9 Å². The van der Waals surface area contributed by atoms with Gasteiger partial charge in [0.1, 0.15) is 5.82 Å². The van der Waals surface area contributed by atoms with Gasteiger partial charge in [-0.05, 0) is 6.07 Å². The SMILES string of the molecule is Nc1ccn(CCC(=O)O)n1. The van der Waals surface area contributed by atoms with Crippen LogP contribution in [0.25, 0.3) is 0 Å². The second kappa shape index (κ2) is 3.05. The molecule has 0 aliphatic heterocycles. The monoisotopic (exact) mass is 155 g/mol. The van der Waals surface area contributed by atoms with Crippen LogP contribution in [0.2, 0.25) is 0 Å². The molecule has 0 fully saturated rings. The molecule has 5 heteroatoms. The molecule has 1 heterocycles. The lowest BCUT2D eigenvalue weighted by molar-refractivity contribution is -0.137. The van der Waals surface area contributed by atoms with E-state index in [9.17, 15) is 4.79 Å². The minimum Gasteiger partial charge on any atom is -0.481 e. The lowest BCUT2D eigenvalue weighted by Gasteiger charge is -1.95. The van der Waals surface area contributed by atoms with E-state index in [1.807, 2.05) is 0 Å². The zero-order valence-electron chi connectivity index (χ0n) is 5.90. The molecule has 0 atom stereocenters. The Hall–Kier alpha value is -1.52. The molecule has 0 spiro atoms. The van der Waals surface area contributed by atoms with Crippen molar-refractivity contribution in [3.63, 3.8) is 0 Å². The molecular formula is C6H9N3O2. The van der Waals surface area contributed by atoms with E-state index in [1.165, 1.54) is 4.68 Å². The highest BCUT2D eigenvalue weighted by Gasteiger charge is 1.98. The second-order valence-electron chi connectivity index (χ2n) is 2.15. The Bertz CT molecular complexity index is 256. The minimum absolute atomic E-state index is 0.0706. The average molecular weight is 155 g/mol. The zero-order chi connectivity index (χ0) is 8.27. The Balaban J connectivity index is 2.45. The predicted octanol–water partition coefficient (Wildman–Crippen LogP) is -0.0600. The topological polar surface area (TPSA) is 81.1 Å². The largest absolute Gasteiger partial charge is 0.481 e. The Morgan fingerprint density at radius 1 is 1.82 bits per heavy atom. The number of anilines is 1. The first kappa shape index (κ1) is 7.59. The van der Waals surface area contributed by atoms with Crippen LogP contribution in [0.3, 0.4) is 0 Å². The molecule has 1 aromatic heterocycles. The summed E-state index contributed by atoms with van der Waals surface area (Å²) in [5.74, 6) is -0.422. The van der Waals surface area contributed by atoms with Crippen LogP contribution in [0.1, 0.15) is 6.42 Å².